The summed E-state index contributed by atoms with van der Waals surface area (Å²) in [6, 6.07) is 5.44. The molecule has 1 heterocycles. The molecular weight excluding hydrogens is 341 g/mol. The second-order valence-electron chi connectivity index (χ2n) is 6.44. The summed E-state index contributed by atoms with van der Waals surface area (Å²) in [6.07, 6.45) is -3.37. The summed E-state index contributed by atoms with van der Waals surface area (Å²) < 4.78 is 37.2. The van der Waals surface area contributed by atoms with Crippen LogP contribution in [0.4, 0.5) is 13.2 Å². The lowest BCUT2D eigenvalue weighted by atomic mass is 9.91. The second kappa shape index (κ2) is 6.31. The molecule has 1 aliphatic carbocycles. The molecule has 0 radical (unpaired) electrons. The van der Waals surface area contributed by atoms with Crippen LogP contribution in [0, 0.1) is 5.92 Å². The molecule has 0 saturated carbocycles. The van der Waals surface area contributed by atoms with Crippen molar-refractivity contribution >= 4 is 28.4 Å². The van der Waals surface area contributed by atoms with E-state index in [1.807, 2.05) is 18.2 Å². The minimum Gasteiger partial charge on any atom is -0.358 e. The van der Waals surface area contributed by atoms with Crippen molar-refractivity contribution in [2.24, 2.45) is 5.92 Å². The highest BCUT2D eigenvalue weighted by atomic mass is 35.5. The van der Waals surface area contributed by atoms with E-state index in [9.17, 15) is 18.0 Å². The molecule has 3 rings (SSSR count). The highest BCUT2D eigenvalue weighted by Gasteiger charge is 2.34. The Kier molecular flexibility index (Phi) is 4.51. The van der Waals surface area contributed by atoms with Crippen molar-refractivity contribution in [2.45, 2.75) is 44.8 Å². The lowest BCUT2D eigenvalue weighted by Crippen LogP contribution is -2.42. The molecule has 1 amide bonds. The summed E-state index contributed by atoms with van der Waals surface area (Å²) in [5, 5.41) is 4.41. The van der Waals surface area contributed by atoms with E-state index in [0.717, 1.165) is 28.6 Å². The van der Waals surface area contributed by atoms with Crippen LogP contribution in [-0.2, 0) is 17.6 Å². The molecule has 0 bridgehead atoms. The second-order valence-corrected chi connectivity index (χ2v) is 6.88. The number of halogens is 4. The Balaban J connectivity index is 1.72. The topological polar surface area (TPSA) is 44.9 Å². The Hall–Kier alpha value is -1.69. The van der Waals surface area contributed by atoms with Gasteiger partial charge in [-0.2, -0.15) is 13.2 Å². The van der Waals surface area contributed by atoms with Crippen molar-refractivity contribution in [3.63, 3.8) is 0 Å². The third-order valence-corrected chi connectivity index (χ3v) is 4.72. The highest BCUT2D eigenvalue weighted by molar-refractivity contribution is 6.31. The molecule has 2 atom stereocenters. The number of H-pyrrole nitrogens is 1. The number of rotatable bonds is 3. The van der Waals surface area contributed by atoms with Crippen LogP contribution >= 0.6 is 11.6 Å². The molecule has 1 aliphatic rings. The van der Waals surface area contributed by atoms with Gasteiger partial charge >= 0.3 is 6.18 Å². The molecule has 0 aliphatic heterocycles. The molecule has 3 nitrogen and oxygen atoms in total. The van der Waals surface area contributed by atoms with Crippen LogP contribution in [0.2, 0.25) is 5.02 Å². The number of benzene rings is 1. The summed E-state index contributed by atoms with van der Waals surface area (Å²) in [5.41, 5.74) is 3.19. The first-order chi connectivity index (χ1) is 11.2. The number of aromatic amines is 1. The summed E-state index contributed by atoms with van der Waals surface area (Å²) >= 11 is 6.05. The first-order valence-corrected chi connectivity index (χ1v) is 8.27. The van der Waals surface area contributed by atoms with E-state index in [4.69, 9.17) is 11.6 Å². The van der Waals surface area contributed by atoms with Gasteiger partial charge in [0.05, 0.1) is 6.42 Å². The fourth-order valence-electron chi connectivity index (χ4n) is 3.30. The van der Waals surface area contributed by atoms with Gasteiger partial charge in [0.1, 0.15) is 0 Å². The van der Waals surface area contributed by atoms with E-state index in [0.29, 0.717) is 17.9 Å². The first kappa shape index (κ1) is 17.1. The Morgan fingerprint density at radius 2 is 2.21 bits per heavy atom. The van der Waals surface area contributed by atoms with Gasteiger partial charge in [-0.3, -0.25) is 4.79 Å². The van der Waals surface area contributed by atoms with E-state index < -0.39 is 24.4 Å². The maximum Gasteiger partial charge on any atom is 0.389 e. The van der Waals surface area contributed by atoms with Crippen molar-refractivity contribution in [2.75, 3.05) is 0 Å². The van der Waals surface area contributed by atoms with Gasteiger partial charge in [0.25, 0.3) is 0 Å². The number of amides is 1. The predicted molar refractivity (Wildman–Crippen MR) is 87.1 cm³/mol. The standard InChI is InChI=1S/C17H18ClF3N2O/c1-9(8-17(19,20)21)16(24)22-11-3-5-15-13(7-11)12-6-10(18)2-4-14(12)23-15/h2,4,6,9,11,23H,3,5,7-8H2,1H3,(H,22,24). The van der Waals surface area contributed by atoms with Crippen molar-refractivity contribution in [3.8, 4) is 0 Å². The van der Waals surface area contributed by atoms with Crippen LogP contribution in [0.15, 0.2) is 18.2 Å². The number of alkyl halides is 3. The summed E-state index contributed by atoms with van der Waals surface area (Å²) in [4.78, 5) is 15.4. The molecule has 2 unspecified atom stereocenters. The van der Waals surface area contributed by atoms with Gasteiger partial charge in [-0.15, -0.1) is 0 Å². The van der Waals surface area contributed by atoms with Crippen LogP contribution in [-0.4, -0.2) is 23.1 Å². The van der Waals surface area contributed by atoms with E-state index in [-0.39, 0.29) is 6.04 Å². The van der Waals surface area contributed by atoms with E-state index in [1.165, 1.54) is 6.92 Å². The van der Waals surface area contributed by atoms with Crippen molar-refractivity contribution in [1.29, 1.82) is 0 Å². The van der Waals surface area contributed by atoms with Gasteiger partial charge in [-0.05, 0) is 43.0 Å². The number of hydrogen-bond donors (Lipinski definition) is 2. The quantitative estimate of drug-likeness (QED) is 0.840. The molecule has 0 fully saturated rings. The molecule has 1 aromatic carbocycles. The average Bonchev–Trinajstić information content (AvgIpc) is 2.83. The zero-order valence-electron chi connectivity index (χ0n) is 13.1. The lowest BCUT2D eigenvalue weighted by molar-refractivity contribution is -0.153. The third-order valence-electron chi connectivity index (χ3n) is 4.48. The lowest BCUT2D eigenvalue weighted by Gasteiger charge is -2.25. The van der Waals surface area contributed by atoms with Crippen LogP contribution in [0.1, 0.15) is 31.0 Å². The van der Waals surface area contributed by atoms with Crippen LogP contribution in [0.25, 0.3) is 10.9 Å². The number of hydrogen-bond acceptors (Lipinski definition) is 1. The zero-order chi connectivity index (χ0) is 17.5. The summed E-state index contributed by atoms with van der Waals surface area (Å²) in [7, 11) is 0. The van der Waals surface area contributed by atoms with Gasteiger partial charge in [-0.25, -0.2) is 0 Å². The number of carbonyl (C=O) groups excluding carboxylic acids is 1. The number of fused-ring (bicyclic) bond motifs is 3. The monoisotopic (exact) mass is 358 g/mol. The van der Waals surface area contributed by atoms with Gasteiger partial charge < -0.3 is 10.3 Å². The molecule has 24 heavy (non-hydrogen) atoms. The number of nitrogens with one attached hydrogen (secondary N) is 2. The molecule has 0 saturated heterocycles. The SMILES string of the molecule is CC(CC(F)(F)F)C(=O)NC1CCc2[nH]c3ccc(Cl)cc3c2C1. The van der Waals surface area contributed by atoms with E-state index in [2.05, 4.69) is 10.3 Å². The van der Waals surface area contributed by atoms with Gasteiger partial charge in [0, 0.05) is 33.6 Å². The van der Waals surface area contributed by atoms with Crippen LogP contribution < -0.4 is 5.32 Å². The predicted octanol–water partition coefficient (Wildman–Crippen LogP) is 4.38. The summed E-state index contributed by atoms with van der Waals surface area (Å²) in [5.74, 6) is -1.62. The Bertz CT molecular complexity index is 769. The van der Waals surface area contributed by atoms with Gasteiger partial charge in [0.2, 0.25) is 5.91 Å². The number of aryl methyl sites for hydroxylation is 1. The molecule has 130 valence electrons. The van der Waals surface area contributed by atoms with Crippen molar-refractivity contribution < 1.29 is 18.0 Å². The van der Waals surface area contributed by atoms with Crippen molar-refractivity contribution in [3.05, 3.63) is 34.5 Å². The maximum atomic E-state index is 12.4. The Morgan fingerprint density at radius 3 is 2.92 bits per heavy atom. The molecule has 0 spiro atoms. The molecular formula is C17H18ClF3N2O. The third kappa shape index (κ3) is 3.69. The maximum absolute atomic E-state index is 12.4. The minimum absolute atomic E-state index is 0.154. The van der Waals surface area contributed by atoms with Gasteiger partial charge in [-0.1, -0.05) is 18.5 Å². The highest BCUT2D eigenvalue weighted by Crippen LogP contribution is 2.31. The normalized spacial score (nSPS) is 19.1. The fraction of sp³-hybridized carbons (Fsp3) is 0.471. The molecule has 1 aromatic heterocycles. The Morgan fingerprint density at radius 1 is 1.46 bits per heavy atom. The van der Waals surface area contributed by atoms with Crippen LogP contribution in [0.5, 0.6) is 0 Å². The number of aromatic nitrogens is 1. The smallest absolute Gasteiger partial charge is 0.358 e. The van der Waals surface area contributed by atoms with E-state index >= 15 is 0 Å². The average molecular weight is 359 g/mol. The zero-order valence-corrected chi connectivity index (χ0v) is 13.9. The van der Waals surface area contributed by atoms with E-state index in [1.54, 1.807) is 0 Å². The minimum atomic E-state index is -4.33. The molecule has 7 heteroatoms. The van der Waals surface area contributed by atoms with Gasteiger partial charge in [0.15, 0.2) is 0 Å². The fourth-order valence-corrected chi connectivity index (χ4v) is 3.47. The largest absolute Gasteiger partial charge is 0.389 e. The molecule has 2 aromatic rings. The van der Waals surface area contributed by atoms with Crippen molar-refractivity contribution in [1.82, 2.24) is 10.3 Å². The van der Waals surface area contributed by atoms with Crippen LogP contribution in [0.3, 0.4) is 0 Å². The first-order valence-electron chi connectivity index (χ1n) is 7.89. The molecule has 2 N–H and O–H groups in total. The summed E-state index contributed by atoms with van der Waals surface area (Å²) in [6.45, 7) is 1.31. The number of carbonyl (C=O) groups is 1. The Labute approximate surface area is 142 Å².